The number of halogens is 1. The van der Waals surface area contributed by atoms with E-state index in [1.165, 1.54) is 0 Å². The summed E-state index contributed by atoms with van der Waals surface area (Å²) in [4.78, 5) is 25.4. The van der Waals surface area contributed by atoms with Crippen LogP contribution in [-0.2, 0) is 27.3 Å². The first-order chi connectivity index (χ1) is 14.9. The lowest BCUT2D eigenvalue weighted by molar-refractivity contribution is -0.149. The van der Waals surface area contributed by atoms with Crippen LogP contribution in [0.25, 0.3) is 0 Å². The Morgan fingerprint density at radius 2 is 2.06 bits per heavy atom. The van der Waals surface area contributed by atoms with Crippen molar-refractivity contribution in [3.63, 3.8) is 0 Å². The van der Waals surface area contributed by atoms with Gasteiger partial charge in [-0.3, -0.25) is 4.79 Å². The Morgan fingerprint density at radius 1 is 1.26 bits per heavy atom. The van der Waals surface area contributed by atoms with Crippen molar-refractivity contribution in [2.45, 2.75) is 37.9 Å². The summed E-state index contributed by atoms with van der Waals surface area (Å²) in [7, 11) is 0. The van der Waals surface area contributed by atoms with Crippen LogP contribution < -0.4 is 15.4 Å². The minimum atomic E-state index is -0.992. The summed E-state index contributed by atoms with van der Waals surface area (Å²) in [5, 5.41) is 6.78. The minimum Gasteiger partial charge on any atom is -0.464 e. The van der Waals surface area contributed by atoms with Gasteiger partial charge >= 0.3 is 5.97 Å². The molecule has 6 nitrogen and oxygen atoms in total. The Hall–Kier alpha value is -2.83. The SMILES string of the molecule is C=C[C@@H]1C[C@]1(NC(=O)C1Cc2cc(Oc3cccc(Cl)c3)ccc2CN1)C(=O)OCC. The van der Waals surface area contributed by atoms with Crippen LogP contribution in [0.3, 0.4) is 0 Å². The number of hydrogen-bond acceptors (Lipinski definition) is 5. The predicted octanol–water partition coefficient (Wildman–Crippen LogP) is 3.77. The van der Waals surface area contributed by atoms with Gasteiger partial charge in [-0.25, -0.2) is 4.79 Å². The van der Waals surface area contributed by atoms with Gasteiger partial charge in [0.15, 0.2) is 0 Å². The lowest BCUT2D eigenvalue weighted by Gasteiger charge is -2.27. The standard InChI is InChI=1S/C24H25ClN2O4/c1-3-17-13-24(17,23(29)30-4-2)27-22(28)21-11-16-10-20(9-8-15(16)14-26-21)31-19-7-5-6-18(25)12-19/h3,5-10,12,17,21,26H,1,4,11,13-14H2,2H3,(H,27,28)/t17-,21?,24-/m1/s1. The number of hydrogen-bond donors (Lipinski definition) is 2. The van der Waals surface area contributed by atoms with Crippen LogP contribution in [0.1, 0.15) is 24.5 Å². The van der Waals surface area contributed by atoms with Crippen LogP contribution in [0.5, 0.6) is 11.5 Å². The largest absolute Gasteiger partial charge is 0.464 e. The quantitative estimate of drug-likeness (QED) is 0.506. The van der Waals surface area contributed by atoms with Crippen molar-refractivity contribution in [1.29, 1.82) is 0 Å². The van der Waals surface area contributed by atoms with E-state index < -0.39 is 17.6 Å². The van der Waals surface area contributed by atoms with E-state index in [0.29, 0.717) is 35.9 Å². The third-order valence-corrected chi connectivity index (χ3v) is 6.01. The Balaban J connectivity index is 1.46. The highest BCUT2D eigenvalue weighted by Crippen LogP contribution is 2.45. The molecule has 1 aliphatic carbocycles. The van der Waals surface area contributed by atoms with E-state index in [-0.39, 0.29) is 18.4 Å². The first-order valence-electron chi connectivity index (χ1n) is 10.4. The Morgan fingerprint density at radius 3 is 2.77 bits per heavy atom. The van der Waals surface area contributed by atoms with Gasteiger partial charge in [0, 0.05) is 17.5 Å². The van der Waals surface area contributed by atoms with Crippen molar-refractivity contribution in [2.24, 2.45) is 5.92 Å². The highest BCUT2D eigenvalue weighted by molar-refractivity contribution is 6.30. The highest BCUT2D eigenvalue weighted by Gasteiger charge is 2.61. The molecule has 2 aromatic carbocycles. The predicted molar refractivity (Wildman–Crippen MR) is 118 cm³/mol. The molecule has 0 bridgehead atoms. The number of rotatable bonds is 7. The fourth-order valence-corrected chi connectivity index (χ4v) is 4.15. The lowest BCUT2D eigenvalue weighted by atomic mass is 9.94. The van der Waals surface area contributed by atoms with Crippen LogP contribution in [-0.4, -0.2) is 30.1 Å². The Kier molecular flexibility index (Phi) is 6.03. The number of fused-ring (bicyclic) bond motifs is 1. The first-order valence-corrected chi connectivity index (χ1v) is 10.7. The zero-order chi connectivity index (χ0) is 22.0. The van der Waals surface area contributed by atoms with Gasteiger partial charge in [0.25, 0.3) is 0 Å². The highest BCUT2D eigenvalue weighted by atomic mass is 35.5. The van der Waals surface area contributed by atoms with E-state index >= 15 is 0 Å². The number of amides is 1. The van der Waals surface area contributed by atoms with E-state index in [9.17, 15) is 9.59 Å². The van der Waals surface area contributed by atoms with Crippen LogP contribution in [0.4, 0.5) is 0 Å². The molecule has 0 radical (unpaired) electrons. The summed E-state index contributed by atoms with van der Waals surface area (Å²) in [6.45, 7) is 6.34. The maximum Gasteiger partial charge on any atom is 0.332 e. The summed E-state index contributed by atoms with van der Waals surface area (Å²) < 4.78 is 11.1. The Labute approximate surface area is 186 Å². The second-order valence-corrected chi connectivity index (χ2v) is 8.29. The third kappa shape index (κ3) is 4.45. The van der Waals surface area contributed by atoms with E-state index in [4.69, 9.17) is 21.1 Å². The zero-order valence-electron chi connectivity index (χ0n) is 17.3. The maximum atomic E-state index is 13.0. The molecule has 4 rings (SSSR count). The van der Waals surface area contributed by atoms with Crippen LogP contribution in [0.2, 0.25) is 5.02 Å². The number of nitrogens with one attached hydrogen (secondary N) is 2. The molecule has 0 saturated heterocycles. The average molecular weight is 441 g/mol. The zero-order valence-corrected chi connectivity index (χ0v) is 18.1. The van der Waals surface area contributed by atoms with Crippen molar-refractivity contribution in [2.75, 3.05) is 6.61 Å². The molecule has 1 fully saturated rings. The first kappa shape index (κ1) is 21.4. The maximum absolute atomic E-state index is 13.0. The van der Waals surface area contributed by atoms with Gasteiger partial charge in [0.05, 0.1) is 12.6 Å². The van der Waals surface area contributed by atoms with Crippen LogP contribution in [0, 0.1) is 5.92 Å². The lowest BCUT2D eigenvalue weighted by Crippen LogP contribution is -2.54. The number of benzene rings is 2. The van der Waals surface area contributed by atoms with Gasteiger partial charge in [-0.2, -0.15) is 0 Å². The molecule has 3 atom stereocenters. The minimum absolute atomic E-state index is 0.107. The van der Waals surface area contributed by atoms with E-state index in [2.05, 4.69) is 17.2 Å². The average Bonchev–Trinajstić information content (AvgIpc) is 3.47. The molecule has 7 heteroatoms. The monoisotopic (exact) mass is 440 g/mol. The van der Waals surface area contributed by atoms with Gasteiger partial charge < -0.3 is 20.1 Å². The smallest absolute Gasteiger partial charge is 0.332 e. The van der Waals surface area contributed by atoms with Crippen molar-refractivity contribution in [3.8, 4) is 11.5 Å². The molecule has 0 spiro atoms. The molecule has 31 heavy (non-hydrogen) atoms. The normalized spacial score (nSPS) is 23.9. The number of esters is 1. The van der Waals surface area contributed by atoms with E-state index in [1.54, 1.807) is 25.1 Å². The molecule has 1 unspecified atom stereocenters. The fraction of sp³-hybridized carbons (Fsp3) is 0.333. The number of carbonyl (C=O) groups excluding carboxylic acids is 2. The van der Waals surface area contributed by atoms with Crippen LogP contribution >= 0.6 is 11.6 Å². The second-order valence-electron chi connectivity index (χ2n) is 7.85. The summed E-state index contributed by atoms with van der Waals surface area (Å²) in [5.41, 5.74) is 1.15. The molecule has 1 heterocycles. The second kappa shape index (κ2) is 8.73. The third-order valence-electron chi connectivity index (χ3n) is 5.77. The molecule has 162 valence electrons. The molecular weight excluding hydrogens is 416 g/mol. The van der Waals surface area contributed by atoms with Crippen molar-refractivity contribution in [3.05, 3.63) is 71.3 Å². The van der Waals surface area contributed by atoms with E-state index in [0.717, 1.165) is 11.1 Å². The fourth-order valence-electron chi connectivity index (χ4n) is 3.97. The summed E-state index contributed by atoms with van der Waals surface area (Å²) in [6, 6.07) is 12.6. The van der Waals surface area contributed by atoms with Gasteiger partial charge in [-0.15, -0.1) is 6.58 Å². The van der Waals surface area contributed by atoms with Gasteiger partial charge in [-0.05, 0) is 61.2 Å². The summed E-state index contributed by atoms with van der Waals surface area (Å²) in [6.07, 6.45) is 2.70. The molecule has 2 aromatic rings. The van der Waals surface area contributed by atoms with Crippen molar-refractivity contribution in [1.82, 2.24) is 10.6 Å². The topological polar surface area (TPSA) is 76.7 Å². The van der Waals surface area contributed by atoms with Crippen molar-refractivity contribution >= 4 is 23.5 Å². The molecule has 1 aliphatic heterocycles. The molecule has 1 amide bonds. The molecule has 2 aliphatic rings. The summed E-state index contributed by atoms with van der Waals surface area (Å²) >= 11 is 6.03. The van der Waals surface area contributed by atoms with Crippen LogP contribution in [0.15, 0.2) is 55.1 Å². The summed E-state index contributed by atoms with van der Waals surface area (Å²) in [5.74, 6) is 0.602. The molecule has 1 saturated carbocycles. The number of ether oxygens (including phenoxy) is 2. The molecule has 2 N–H and O–H groups in total. The Bertz CT molecular complexity index is 1020. The number of carbonyl (C=O) groups is 2. The van der Waals surface area contributed by atoms with Crippen molar-refractivity contribution < 1.29 is 19.1 Å². The molecular formula is C24H25ClN2O4. The van der Waals surface area contributed by atoms with Gasteiger partial charge in [0.1, 0.15) is 17.0 Å². The van der Waals surface area contributed by atoms with Gasteiger partial charge in [-0.1, -0.05) is 29.8 Å². The van der Waals surface area contributed by atoms with Gasteiger partial charge in [0.2, 0.25) is 5.91 Å². The molecule has 0 aromatic heterocycles. The van der Waals surface area contributed by atoms with E-state index in [1.807, 2.05) is 30.3 Å².